The second-order valence-electron chi connectivity index (χ2n) is 7.93. The van der Waals surface area contributed by atoms with E-state index in [9.17, 15) is 13.2 Å². The molecule has 0 unspecified atom stereocenters. The molecule has 1 aromatic heterocycles. The number of anilines is 1. The van der Waals surface area contributed by atoms with Gasteiger partial charge in [-0.1, -0.05) is 19.3 Å². The molecular formula is C20H33F3IN7O. The zero-order valence-electron chi connectivity index (χ0n) is 18.4. The number of aliphatic imine (C=N–C) groups is 1. The van der Waals surface area contributed by atoms with E-state index in [-0.39, 0.29) is 35.5 Å². The van der Waals surface area contributed by atoms with Crippen LogP contribution >= 0.6 is 24.0 Å². The van der Waals surface area contributed by atoms with E-state index in [2.05, 4.69) is 35.8 Å². The first-order valence-electron chi connectivity index (χ1n) is 10.8. The van der Waals surface area contributed by atoms with Gasteiger partial charge in [-0.3, -0.25) is 9.89 Å². The second kappa shape index (κ2) is 12.7. The fraction of sp³-hybridized carbons (Fsp3) is 0.750. The van der Waals surface area contributed by atoms with Crippen molar-refractivity contribution in [3.63, 3.8) is 0 Å². The van der Waals surface area contributed by atoms with E-state index in [4.69, 9.17) is 4.74 Å². The maximum atomic E-state index is 12.7. The van der Waals surface area contributed by atoms with Gasteiger partial charge in [-0.25, -0.2) is 9.97 Å². The molecule has 1 aromatic rings. The lowest BCUT2D eigenvalue weighted by atomic mass is 9.80. The molecule has 0 bridgehead atoms. The van der Waals surface area contributed by atoms with Crippen LogP contribution in [-0.4, -0.2) is 79.4 Å². The van der Waals surface area contributed by atoms with Crippen LogP contribution in [0.1, 0.15) is 37.8 Å². The Labute approximate surface area is 204 Å². The van der Waals surface area contributed by atoms with Gasteiger partial charge in [-0.2, -0.15) is 13.2 Å². The molecule has 1 aliphatic heterocycles. The molecule has 0 atom stereocenters. The number of nitrogens with one attached hydrogen (secondary N) is 3. The van der Waals surface area contributed by atoms with E-state index >= 15 is 0 Å². The van der Waals surface area contributed by atoms with Gasteiger partial charge in [-0.05, 0) is 18.9 Å². The number of morpholine rings is 1. The number of guanidine groups is 1. The number of ether oxygens (including phenoxy) is 1. The average Bonchev–Trinajstić information content (AvgIpc) is 2.79. The van der Waals surface area contributed by atoms with Crippen LogP contribution in [0, 0.1) is 0 Å². The number of alkyl halides is 3. The van der Waals surface area contributed by atoms with Crippen LogP contribution in [0.2, 0.25) is 0 Å². The molecule has 32 heavy (non-hydrogen) atoms. The van der Waals surface area contributed by atoms with Gasteiger partial charge < -0.3 is 20.7 Å². The molecule has 2 fully saturated rings. The Morgan fingerprint density at radius 3 is 2.53 bits per heavy atom. The highest BCUT2D eigenvalue weighted by atomic mass is 127. The van der Waals surface area contributed by atoms with Gasteiger partial charge in [0.2, 0.25) is 5.95 Å². The molecule has 1 saturated heterocycles. The number of nitrogens with zero attached hydrogens (tertiary/aromatic N) is 4. The molecule has 0 amide bonds. The van der Waals surface area contributed by atoms with Crippen molar-refractivity contribution in [3.05, 3.63) is 18.0 Å². The number of rotatable bonds is 7. The summed E-state index contributed by atoms with van der Waals surface area (Å²) >= 11 is 0. The highest BCUT2D eigenvalue weighted by Crippen LogP contribution is 2.33. The third-order valence-corrected chi connectivity index (χ3v) is 5.92. The predicted octanol–water partition coefficient (Wildman–Crippen LogP) is 2.73. The zero-order chi connectivity index (χ0) is 22.2. The highest BCUT2D eigenvalue weighted by molar-refractivity contribution is 14.0. The van der Waals surface area contributed by atoms with Crippen molar-refractivity contribution < 1.29 is 17.9 Å². The van der Waals surface area contributed by atoms with Crippen LogP contribution in [0.25, 0.3) is 0 Å². The number of hydrogen-bond acceptors (Lipinski definition) is 6. The maximum Gasteiger partial charge on any atom is 0.433 e. The van der Waals surface area contributed by atoms with Crippen molar-refractivity contribution in [1.82, 2.24) is 25.5 Å². The summed E-state index contributed by atoms with van der Waals surface area (Å²) in [4.78, 5) is 14.2. The predicted molar refractivity (Wildman–Crippen MR) is 129 cm³/mol. The lowest BCUT2D eigenvalue weighted by Crippen LogP contribution is -2.60. The Hall–Kier alpha value is -1.41. The summed E-state index contributed by atoms with van der Waals surface area (Å²) in [6.45, 7) is 5.08. The Balaban J connectivity index is 0.00000363. The molecule has 0 radical (unpaired) electrons. The normalized spacial score (nSPS) is 19.7. The van der Waals surface area contributed by atoms with E-state index < -0.39 is 11.9 Å². The molecule has 8 nitrogen and oxygen atoms in total. The van der Waals surface area contributed by atoms with E-state index in [0.29, 0.717) is 19.0 Å². The first-order chi connectivity index (χ1) is 14.9. The average molecular weight is 571 g/mol. The SMILES string of the molecule is CN=C(NCCNc1nccc(C(F)(F)F)n1)NCC1(N2CCOCC2)CCCCC1.I. The molecule has 2 heterocycles. The number of hydrogen-bond donors (Lipinski definition) is 3. The molecule has 3 rings (SSSR count). The van der Waals surface area contributed by atoms with Crippen molar-refractivity contribution in [2.75, 3.05) is 58.3 Å². The van der Waals surface area contributed by atoms with Crippen LogP contribution < -0.4 is 16.0 Å². The fourth-order valence-electron chi connectivity index (χ4n) is 4.28. The van der Waals surface area contributed by atoms with Crippen LogP contribution in [0.5, 0.6) is 0 Å². The summed E-state index contributed by atoms with van der Waals surface area (Å²) in [5.74, 6) is 0.623. The minimum atomic E-state index is -4.49. The molecule has 12 heteroatoms. The first-order valence-corrected chi connectivity index (χ1v) is 10.8. The van der Waals surface area contributed by atoms with E-state index in [1.807, 2.05) is 0 Å². The fourth-order valence-corrected chi connectivity index (χ4v) is 4.28. The number of halogens is 4. The summed E-state index contributed by atoms with van der Waals surface area (Å²) in [5.41, 5.74) is -0.847. The van der Waals surface area contributed by atoms with Crippen molar-refractivity contribution in [1.29, 1.82) is 0 Å². The summed E-state index contributed by atoms with van der Waals surface area (Å²) in [5, 5.41) is 9.46. The lowest BCUT2D eigenvalue weighted by molar-refractivity contribution is -0.141. The Bertz CT molecular complexity index is 723. The smallest absolute Gasteiger partial charge is 0.379 e. The second-order valence-corrected chi connectivity index (χ2v) is 7.93. The molecule has 3 N–H and O–H groups in total. The van der Waals surface area contributed by atoms with Crippen molar-refractivity contribution >= 4 is 35.9 Å². The van der Waals surface area contributed by atoms with Gasteiger partial charge >= 0.3 is 6.18 Å². The first kappa shape index (κ1) is 26.8. The molecule has 0 spiro atoms. The van der Waals surface area contributed by atoms with Crippen LogP contribution in [0.15, 0.2) is 17.3 Å². The largest absolute Gasteiger partial charge is 0.433 e. The van der Waals surface area contributed by atoms with Crippen molar-refractivity contribution in [3.8, 4) is 0 Å². The van der Waals surface area contributed by atoms with Crippen LogP contribution in [-0.2, 0) is 10.9 Å². The van der Waals surface area contributed by atoms with E-state index in [1.54, 1.807) is 7.05 Å². The lowest BCUT2D eigenvalue weighted by Gasteiger charge is -2.48. The monoisotopic (exact) mass is 571 g/mol. The number of aromatic nitrogens is 2. The minimum Gasteiger partial charge on any atom is -0.379 e. The van der Waals surface area contributed by atoms with Crippen molar-refractivity contribution in [2.24, 2.45) is 4.99 Å². The summed E-state index contributed by atoms with van der Waals surface area (Å²) in [6.07, 6.45) is 2.66. The zero-order valence-corrected chi connectivity index (χ0v) is 20.7. The van der Waals surface area contributed by atoms with Gasteiger partial charge in [0.1, 0.15) is 5.69 Å². The Morgan fingerprint density at radius 1 is 1.16 bits per heavy atom. The maximum absolute atomic E-state index is 12.7. The van der Waals surface area contributed by atoms with Crippen LogP contribution in [0.4, 0.5) is 19.1 Å². The molecular weight excluding hydrogens is 538 g/mol. The van der Waals surface area contributed by atoms with Crippen LogP contribution in [0.3, 0.4) is 0 Å². The van der Waals surface area contributed by atoms with E-state index in [0.717, 1.165) is 58.0 Å². The van der Waals surface area contributed by atoms with E-state index in [1.165, 1.54) is 19.3 Å². The molecule has 1 saturated carbocycles. The van der Waals surface area contributed by atoms with Gasteiger partial charge in [0.25, 0.3) is 0 Å². The summed E-state index contributed by atoms with van der Waals surface area (Å²) in [7, 11) is 1.71. The van der Waals surface area contributed by atoms with Gasteiger partial charge in [-0.15, -0.1) is 24.0 Å². The minimum absolute atomic E-state index is 0. The standard InChI is InChI=1S/C20H32F3N7O.HI/c1-24-17(26-9-10-27-18-25-8-5-16(29-18)20(21,22)23)28-15-19(6-3-2-4-7-19)30-11-13-31-14-12-30;/h5,8H,2-4,6-7,9-15H2,1H3,(H2,24,26,28)(H,25,27,29);1H. The van der Waals surface area contributed by atoms with Gasteiger partial charge in [0.15, 0.2) is 5.96 Å². The Kier molecular flexibility index (Phi) is 10.7. The van der Waals surface area contributed by atoms with Gasteiger partial charge in [0, 0.05) is 51.5 Å². The highest BCUT2D eigenvalue weighted by Gasteiger charge is 2.38. The molecule has 182 valence electrons. The third kappa shape index (κ3) is 7.58. The van der Waals surface area contributed by atoms with Crippen molar-refractivity contribution in [2.45, 2.75) is 43.8 Å². The molecule has 1 aliphatic carbocycles. The summed E-state index contributed by atoms with van der Waals surface area (Å²) in [6, 6.07) is 0.852. The molecule has 2 aliphatic rings. The van der Waals surface area contributed by atoms with Gasteiger partial charge in [0.05, 0.1) is 13.2 Å². The Morgan fingerprint density at radius 2 is 1.88 bits per heavy atom. The summed E-state index contributed by atoms with van der Waals surface area (Å²) < 4.78 is 43.8. The quantitative estimate of drug-likeness (QED) is 0.201. The molecule has 0 aromatic carbocycles. The third-order valence-electron chi connectivity index (χ3n) is 5.92. The topological polar surface area (TPSA) is 86.7 Å².